The Balaban J connectivity index is 2.15. The number of benzene rings is 1. The average molecular weight is 312 g/mol. The zero-order valence-electron chi connectivity index (χ0n) is 11.2. The maximum absolute atomic E-state index is 5.94. The molecule has 1 saturated heterocycles. The van der Waals surface area contributed by atoms with Gasteiger partial charge < -0.3 is 15.5 Å². The molecule has 1 heterocycles. The number of hydrogen-bond donors (Lipinski definition) is 1. The number of anilines is 1. The Labute approximate surface area is 118 Å². The molecule has 0 amide bonds. The van der Waals surface area contributed by atoms with Gasteiger partial charge in [0.1, 0.15) is 0 Å². The second kappa shape index (κ2) is 6.04. The molecule has 2 rings (SSSR count). The molecule has 2 N–H and O–H groups in total. The van der Waals surface area contributed by atoms with Crippen LogP contribution in [-0.4, -0.2) is 38.1 Å². The summed E-state index contributed by atoms with van der Waals surface area (Å²) < 4.78 is 1.12. The van der Waals surface area contributed by atoms with E-state index in [4.69, 9.17) is 5.73 Å². The van der Waals surface area contributed by atoms with E-state index < -0.39 is 0 Å². The van der Waals surface area contributed by atoms with E-state index in [1.807, 2.05) is 6.92 Å². The number of rotatable bonds is 2. The zero-order chi connectivity index (χ0) is 13.1. The minimum Gasteiger partial charge on any atom is -0.370 e. The second-order valence-corrected chi connectivity index (χ2v) is 5.99. The monoisotopic (exact) mass is 311 g/mol. The molecule has 1 aromatic rings. The summed E-state index contributed by atoms with van der Waals surface area (Å²) in [7, 11) is 2.19. The molecule has 3 nitrogen and oxygen atoms in total. The molecular formula is C14H22BrN3. The molecule has 4 heteroatoms. The first kappa shape index (κ1) is 13.8. The van der Waals surface area contributed by atoms with Crippen LogP contribution in [0, 0.1) is 0 Å². The van der Waals surface area contributed by atoms with Crippen molar-refractivity contribution in [3.63, 3.8) is 0 Å². The van der Waals surface area contributed by atoms with Gasteiger partial charge in [-0.25, -0.2) is 0 Å². The van der Waals surface area contributed by atoms with Crippen LogP contribution in [0.2, 0.25) is 0 Å². The van der Waals surface area contributed by atoms with Gasteiger partial charge in [0.05, 0.1) is 0 Å². The largest absolute Gasteiger partial charge is 0.370 e. The smallest absolute Gasteiger partial charge is 0.0378 e. The van der Waals surface area contributed by atoms with Crippen molar-refractivity contribution in [2.75, 3.05) is 38.1 Å². The van der Waals surface area contributed by atoms with E-state index >= 15 is 0 Å². The molecule has 0 spiro atoms. The van der Waals surface area contributed by atoms with Gasteiger partial charge in [-0.2, -0.15) is 0 Å². The highest BCUT2D eigenvalue weighted by Crippen LogP contribution is 2.27. The Morgan fingerprint density at radius 2 is 2.00 bits per heavy atom. The summed E-state index contributed by atoms with van der Waals surface area (Å²) in [4.78, 5) is 4.85. The van der Waals surface area contributed by atoms with Crippen molar-refractivity contribution in [3.8, 4) is 0 Å². The van der Waals surface area contributed by atoms with Gasteiger partial charge in [-0.05, 0) is 44.6 Å². The minimum absolute atomic E-state index is 0.0729. The van der Waals surface area contributed by atoms with Gasteiger partial charge in [-0.3, -0.25) is 0 Å². The molecular weight excluding hydrogens is 290 g/mol. The van der Waals surface area contributed by atoms with E-state index in [0.717, 1.165) is 24.1 Å². The van der Waals surface area contributed by atoms with Crippen LogP contribution in [0.15, 0.2) is 22.7 Å². The molecule has 0 unspecified atom stereocenters. The third kappa shape index (κ3) is 3.25. The highest BCUT2D eigenvalue weighted by Gasteiger charge is 2.14. The molecule has 0 saturated carbocycles. The van der Waals surface area contributed by atoms with Crippen molar-refractivity contribution >= 4 is 21.6 Å². The number of likely N-dealkylation sites (N-methyl/N-ethyl adjacent to an activating group) is 1. The summed E-state index contributed by atoms with van der Waals surface area (Å²) >= 11 is 3.63. The summed E-state index contributed by atoms with van der Waals surface area (Å²) in [6.45, 7) is 6.57. The molecule has 0 radical (unpaired) electrons. The second-order valence-electron chi connectivity index (χ2n) is 5.14. The molecule has 1 aliphatic heterocycles. The number of nitrogens with zero attached hydrogens (tertiary/aromatic N) is 2. The van der Waals surface area contributed by atoms with E-state index in [9.17, 15) is 0 Å². The third-order valence-electron chi connectivity index (χ3n) is 3.56. The number of halogens is 1. The molecule has 1 fully saturated rings. The summed E-state index contributed by atoms with van der Waals surface area (Å²) in [5.41, 5.74) is 8.40. The minimum atomic E-state index is 0.0729. The molecule has 1 atom stereocenters. The van der Waals surface area contributed by atoms with E-state index in [2.05, 4.69) is 51.0 Å². The van der Waals surface area contributed by atoms with Crippen LogP contribution < -0.4 is 10.6 Å². The first-order valence-corrected chi connectivity index (χ1v) is 7.36. The molecule has 100 valence electrons. The van der Waals surface area contributed by atoms with Crippen molar-refractivity contribution < 1.29 is 0 Å². The van der Waals surface area contributed by atoms with Gasteiger partial charge in [-0.1, -0.05) is 22.0 Å². The van der Waals surface area contributed by atoms with Crippen LogP contribution in [0.4, 0.5) is 5.69 Å². The molecule has 1 aliphatic rings. The van der Waals surface area contributed by atoms with Crippen LogP contribution >= 0.6 is 15.9 Å². The third-order valence-corrected chi connectivity index (χ3v) is 4.25. The van der Waals surface area contributed by atoms with E-state index in [-0.39, 0.29) is 6.04 Å². The van der Waals surface area contributed by atoms with Crippen LogP contribution in [0.25, 0.3) is 0 Å². The van der Waals surface area contributed by atoms with Crippen molar-refractivity contribution in [1.29, 1.82) is 0 Å². The Hall–Kier alpha value is -0.580. The lowest BCUT2D eigenvalue weighted by molar-refractivity contribution is 0.360. The molecule has 1 aromatic carbocycles. The van der Waals surface area contributed by atoms with Gasteiger partial charge in [0.15, 0.2) is 0 Å². The number of hydrogen-bond acceptors (Lipinski definition) is 3. The molecule has 18 heavy (non-hydrogen) atoms. The maximum Gasteiger partial charge on any atom is 0.0378 e. The lowest BCUT2D eigenvalue weighted by Gasteiger charge is -2.24. The Bertz CT molecular complexity index is 406. The topological polar surface area (TPSA) is 32.5 Å². The van der Waals surface area contributed by atoms with Crippen molar-refractivity contribution in [2.24, 2.45) is 5.73 Å². The highest BCUT2D eigenvalue weighted by atomic mass is 79.9. The maximum atomic E-state index is 5.94. The fraction of sp³-hybridized carbons (Fsp3) is 0.571. The van der Waals surface area contributed by atoms with E-state index in [1.165, 1.54) is 24.2 Å². The first-order valence-electron chi connectivity index (χ1n) is 6.56. The van der Waals surface area contributed by atoms with Gasteiger partial charge >= 0.3 is 0 Å². The van der Waals surface area contributed by atoms with Gasteiger partial charge in [0, 0.05) is 35.8 Å². The fourth-order valence-corrected chi connectivity index (χ4v) is 3.11. The molecule has 0 bridgehead atoms. The quantitative estimate of drug-likeness (QED) is 0.911. The SMILES string of the molecule is C[C@H](N)c1ccc(N2CCCN(C)CC2)cc1Br. The average Bonchev–Trinajstić information content (AvgIpc) is 2.53. The zero-order valence-corrected chi connectivity index (χ0v) is 12.8. The van der Waals surface area contributed by atoms with Crippen LogP contribution in [0.5, 0.6) is 0 Å². The first-order chi connectivity index (χ1) is 8.58. The Morgan fingerprint density at radius 1 is 1.22 bits per heavy atom. The molecule has 0 aliphatic carbocycles. The normalized spacial score (nSPS) is 19.7. The lowest BCUT2D eigenvalue weighted by atomic mass is 10.1. The Kier molecular flexibility index (Phi) is 4.65. The van der Waals surface area contributed by atoms with Gasteiger partial charge in [0.2, 0.25) is 0 Å². The van der Waals surface area contributed by atoms with Crippen LogP contribution in [0.3, 0.4) is 0 Å². The van der Waals surface area contributed by atoms with Crippen molar-refractivity contribution in [1.82, 2.24) is 4.90 Å². The van der Waals surface area contributed by atoms with Crippen molar-refractivity contribution in [2.45, 2.75) is 19.4 Å². The summed E-state index contributed by atoms with van der Waals surface area (Å²) in [5, 5.41) is 0. The summed E-state index contributed by atoms with van der Waals surface area (Å²) in [6, 6.07) is 6.60. The predicted octanol–water partition coefficient (Wildman–Crippen LogP) is 2.61. The lowest BCUT2D eigenvalue weighted by Crippen LogP contribution is -2.28. The van der Waals surface area contributed by atoms with Gasteiger partial charge in [0.25, 0.3) is 0 Å². The summed E-state index contributed by atoms with van der Waals surface area (Å²) in [6.07, 6.45) is 1.23. The molecule has 0 aromatic heterocycles. The summed E-state index contributed by atoms with van der Waals surface area (Å²) in [5.74, 6) is 0. The number of nitrogens with two attached hydrogens (primary N) is 1. The predicted molar refractivity (Wildman–Crippen MR) is 81.1 cm³/mol. The van der Waals surface area contributed by atoms with Crippen molar-refractivity contribution in [3.05, 3.63) is 28.2 Å². The Morgan fingerprint density at radius 3 is 2.67 bits per heavy atom. The van der Waals surface area contributed by atoms with Crippen LogP contribution in [0.1, 0.15) is 24.9 Å². The highest BCUT2D eigenvalue weighted by molar-refractivity contribution is 9.10. The standard InChI is InChI=1S/C14H22BrN3/c1-11(16)13-5-4-12(10-14(13)15)18-7-3-6-17(2)8-9-18/h4-5,10-11H,3,6-9,16H2,1-2H3/t11-/m0/s1. The fourth-order valence-electron chi connectivity index (χ4n) is 2.39. The van der Waals surface area contributed by atoms with Gasteiger partial charge in [-0.15, -0.1) is 0 Å². The van der Waals surface area contributed by atoms with E-state index in [0.29, 0.717) is 0 Å². The van der Waals surface area contributed by atoms with Crippen LogP contribution in [-0.2, 0) is 0 Å². The van der Waals surface area contributed by atoms with E-state index in [1.54, 1.807) is 0 Å².